The number of aromatic nitrogens is 3. The summed E-state index contributed by atoms with van der Waals surface area (Å²) in [5.41, 5.74) is 6.24. The van der Waals surface area contributed by atoms with Crippen LogP contribution in [-0.2, 0) is 14.8 Å². The van der Waals surface area contributed by atoms with Crippen molar-refractivity contribution in [2.75, 3.05) is 18.8 Å². The lowest BCUT2D eigenvalue weighted by Gasteiger charge is -2.35. The number of piperidine rings is 1. The average molecular weight is 430 g/mol. The number of nitrogens with zero attached hydrogens (tertiary/aromatic N) is 3. The van der Waals surface area contributed by atoms with E-state index in [0.29, 0.717) is 41.9 Å². The minimum Gasteiger partial charge on any atom is -0.370 e. The van der Waals surface area contributed by atoms with Crippen LogP contribution in [0.3, 0.4) is 0 Å². The fourth-order valence-electron chi connectivity index (χ4n) is 3.40. The molecule has 1 saturated heterocycles. The molecule has 1 fully saturated rings. The summed E-state index contributed by atoms with van der Waals surface area (Å²) in [4.78, 5) is 22.3. The number of amides is 1. The number of hydrogen-bond acceptors (Lipinski definition) is 5. The second kappa shape index (κ2) is 8.14. The molecule has 0 bridgehead atoms. The van der Waals surface area contributed by atoms with Gasteiger partial charge in [-0.1, -0.05) is 18.5 Å². The highest BCUT2D eigenvalue weighted by atomic mass is 35.5. The van der Waals surface area contributed by atoms with Crippen molar-refractivity contribution in [1.29, 1.82) is 0 Å². The zero-order valence-corrected chi connectivity index (χ0v) is 16.8. The number of rotatable bonds is 6. The predicted octanol–water partition coefficient (Wildman–Crippen LogP) is 1.89. The Bertz CT molecular complexity index is 964. The van der Waals surface area contributed by atoms with Crippen LogP contribution < -0.4 is 5.73 Å². The molecule has 0 aliphatic carbocycles. The molecule has 3 heterocycles. The fourth-order valence-corrected chi connectivity index (χ4v) is 5.23. The average Bonchev–Trinajstić information content (AvgIpc) is 3.02. The first kappa shape index (κ1) is 20.7. The van der Waals surface area contributed by atoms with E-state index in [9.17, 15) is 17.6 Å². The third kappa shape index (κ3) is 4.50. The van der Waals surface area contributed by atoms with Gasteiger partial charge in [0.25, 0.3) is 0 Å². The number of nitrogens with two attached hydrogens (primary N) is 1. The number of carbonyl (C=O) groups is 1. The van der Waals surface area contributed by atoms with Crippen LogP contribution in [0, 0.1) is 11.7 Å². The molecular weight excluding hydrogens is 409 g/mol. The van der Waals surface area contributed by atoms with Crippen LogP contribution in [0.5, 0.6) is 0 Å². The molecule has 2 atom stereocenters. The van der Waals surface area contributed by atoms with Crippen molar-refractivity contribution in [2.24, 2.45) is 11.7 Å². The monoisotopic (exact) mass is 429 g/mol. The molecule has 0 aromatic carbocycles. The molecule has 0 unspecified atom stereocenters. The summed E-state index contributed by atoms with van der Waals surface area (Å²) in [6.45, 7) is 2.56. The molecule has 2 aromatic rings. The number of aromatic amines is 1. The van der Waals surface area contributed by atoms with Gasteiger partial charge in [-0.15, -0.1) is 0 Å². The Hall–Kier alpha value is -2.04. The predicted molar refractivity (Wildman–Crippen MR) is 102 cm³/mol. The van der Waals surface area contributed by atoms with E-state index in [1.54, 1.807) is 0 Å². The van der Waals surface area contributed by atoms with Gasteiger partial charge in [-0.2, -0.15) is 0 Å². The molecule has 3 rings (SSSR count). The quantitative estimate of drug-likeness (QED) is 0.726. The first-order chi connectivity index (χ1) is 13.2. The van der Waals surface area contributed by atoms with E-state index in [0.717, 1.165) is 6.20 Å². The van der Waals surface area contributed by atoms with Crippen LogP contribution in [0.25, 0.3) is 11.5 Å². The van der Waals surface area contributed by atoms with Crippen LogP contribution in [-0.4, -0.2) is 52.4 Å². The molecule has 0 radical (unpaired) electrons. The minimum atomic E-state index is -3.54. The summed E-state index contributed by atoms with van der Waals surface area (Å²) in [6, 6.07) is 2.79. The lowest BCUT2D eigenvalue weighted by atomic mass is 9.86. The first-order valence-corrected chi connectivity index (χ1v) is 10.8. The highest BCUT2D eigenvalue weighted by Gasteiger charge is 2.35. The van der Waals surface area contributed by atoms with E-state index in [1.165, 1.54) is 16.4 Å². The number of halogens is 2. The molecule has 0 saturated carbocycles. The standard InChI is InChI=1S/C17H21ClFN5O3S/c1-10-9-24(28(26,27)7-5-14(20)25)6-4-12(10)15-16(18)23-17(22-15)13-3-2-11(19)8-21-13/h2-3,8,10,12H,4-7,9H2,1H3,(H2,20,25)(H,22,23)/t10-,12+/m0/s1. The van der Waals surface area contributed by atoms with Crippen LogP contribution >= 0.6 is 11.6 Å². The molecule has 8 nitrogen and oxygen atoms in total. The van der Waals surface area contributed by atoms with Gasteiger partial charge in [-0.05, 0) is 24.5 Å². The zero-order valence-electron chi connectivity index (χ0n) is 15.2. The number of imidazole rings is 1. The molecule has 152 valence electrons. The topological polar surface area (TPSA) is 122 Å². The number of hydrogen-bond donors (Lipinski definition) is 2. The van der Waals surface area contributed by atoms with E-state index < -0.39 is 21.7 Å². The first-order valence-electron chi connectivity index (χ1n) is 8.81. The second-order valence-corrected chi connectivity index (χ2v) is 9.36. The van der Waals surface area contributed by atoms with Gasteiger partial charge in [-0.25, -0.2) is 27.1 Å². The second-order valence-electron chi connectivity index (χ2n) is 6.91. The Morgan fingerprint density at radius 2 is 2.21 bits per heavy atom. The Labute approximate surface area is 167 Å². The van der Waals surface area contributed by atoms with E-state index in [1.807, 2.05) is 6.92 Å². The number of carbonyl (C=O) groups excluding carboxylic acids is 1. The number of H-pyrrole nitrogens is 1. The summed E-state index contributed by atoms with van der Waals surface area (Å²) in [5, 5.41) is 0.294. The SMILES string of the molecule is C[C@H]1CN(S(=O)(=O)CCC(N)=O)CC[C@H]1c1[nH]c(-c2ccc(F)cn2)nc1Cl. The normalized spacial score (nSPS) is 21.0. The number of pyridine rings is 1. The van der Waals surface area contributed by atoms with Gasteiger partial charge in [0.15, 0.2) is 11.0 Å². The maximum absolute atomic E-state index is 13.1. The highest BCUT2D eigenvalue weighted by Crippen LogP contribution is 2.37. The minimum absolute atomic E-state index is 0.0169. The molecule has 1 aliphatic heterocycles. The van der Waals surface area contributed by atoms with Gasteiger partial charge >= 0.3 is 0 Å². The van der Waals surface area contributed by atoms with Gasteiger partial charge in [0.05, 0.1) is 17.6 Å². The van der Waals surface area contributed by atoms with Gasteiger partial charge in [-0.3, -0.25) is 4.79 Å². The summed E-state index contributed by atoms with van der Waals surface area (Å²) >= 11 is 6.31. The van der Waals surface area contributed by atoms with Gasteiger partial charge < -0.3 is 10.7 Å². The maximum atomic E-state index is 13.1. The van der Waals surface area contributed by atoms with E-state index >= 15 is 0 Å². The molecule has 1 amide bonds. The lowest BCUT2D eigenvalue weighted by molar-refractivity contribution is -0.117. The van der Waals surface area contributed by atoms with Crippen LogP contribution in [0.4, 0.5) is 4.39 Å². The third-order valence-corrected chi connectivity index (χ3v) is 7.02. The van der Waals surface area contributed by atoms with E-state index in [-0.39, 0.29) is 24.0 Å². The number of sulfonamides is 1. The largest absolute Gasteiger partial charge is 0.370 e. The molecule has 0 spiro atoms. The van der Waals surface area contributed by atoms with Crippen molar-refractivity contribution in [2.45, 2.75) is 25.7 Å². The summed E-state index contributed by atoms with van der Waals surface area (Å²) in [6.07, 6.45) is 1.45. The van der Waals surface area contributed by atoms with Crippen LogP contribution in [0.2, 0.25) is 5.15 Å². The Balaban J connectivity index is 1.74. The van der Waals surface area contributed by atoms with E-state index in [4.69, 9.17) is 17.3 Å². The van der Waals surface area contributed by atoms with Gasteiger partial charge in [0.2, 0.25) is 15.9 Å². The fraction of sp³-hybridized carbons (Fsp3) is 0.471. The van der Waals surface area contributed by atoms with Crippen molar-refractivity contribution < 1.29 is 17.6 Å². The number of primary amides is 1. The summed E-state index contributed by atoms with van der Waals surface area (Å²) < 4.78 is 39.2. The highest BCUT2D eigenvalue weighted by molar-refractivity contribution is 7.89. The molecule has 28 heavy (non-hydrogen) atoms. The summed E-state index contributed by atoms with van der Waals surface area (Å²) in [7, 11) is -3.54. The third-order valence-electron chi connectivity index (χ3n) is 4.89. The number of nitrogens with one attached hydrogen (secondary N) is 1. The molecule has 11 heteroatoms. The Morgan fingerprint density at radius 3 is 2.82 bits per heavy atom. The molecule has 2 aromatic heterocycles. The van der Waals surface area contributed by atoms with Gasteiger partial charge in [0.1, 0.15) is 11.5 Å². The van der Waals surface area contributed by atoms with Crippen molar-refractivity contribution in [3.63, 3.8) is 0 Å². The summed E-state index contributed by atoms with van der Waals surface area (Å²) in [5.74, 6) is -0.979. The van der Waals surface area contributed by atoms with Crippen LogP contribution in [0.15, 0.2) is 18.3 Å². The van der Waals surface area contributed by atoms with Gasteiger partial charge in [0, 0.05) is 25.4 Å². The van der Waals surface area contributed by atoms with Crippen molar-refractivity contribution in [3.8, 4) is 11.5 Å². The molecular formula is C17H21ClFN5O3S. The Morgan fingerprint density at radius 1 is 1.46 bits per heavy atom. The molecule has 3 N–H and O–H groups in total. The molecule has 1 aliphatic rings. The van der Waals surface area contributed by atoms with Crippen molar-refractivity contribution >= 4 is 27.5 Å². The lowest BCUT2D eigenvalue weighted by Crippen LogP contribution is -2.43. The smallest absolute Gasteiger partial charge is 0.218 e. The van der Waals surface area contributed by atoms with Crippen molar-refractivity contribution in [1.82, 2.24) is 19.3 Å². The van der Waals surface area contributed by atoms with Crippen molar-refractivity contribution in [3.05, 3.63) is 35.0 Å². The van der Waals surface area contributed by atoms with E-state index in [2.05, 4.69) is 15.0 Å². The maximum Gasteiger partial charge on any atom is 0.218 e. The zero-order chi connectivity index (χ0) is 20.5. The Kier molecular flexibility index (Phi) is 6.01. The van der Waals surface area contributed by atoms with Crippen LogP contribution in [0.1, 0.15) is 31.4 Å².